The van der Waals surface area contributed by atoms with Gasteiger partial charge in [-0.1, -0.05) is 93.1 Å². The van der Waals surface area contributed by atoms with Crippen LogP contribution in [0.1, 0.15) is 54.2 Å². The van der Waals surface area contributed by atoms with Crippen molar-refractivity contribution in [3.63, 3.8) is 0 Å². The molecule has 44 heavy (non-hydrogen) atoms. The molecule has 7 heteroatoms. The number of aryl methyl sites for hydroxylation is 1. The van der Waals surface area contributed by atoms with Gasteiger partial charge in [-0.15, -0.1) is 0 Å². The van der Waals surface area contributed by atoms with E-state index in [0.29, 0.717) is 42.1 Å². The van der Waals surface area contributed by atoms with Crippen LogP contribution in [0.2, 0.25) is 0 Å². The normalized spacial score (nSPS) is 11.8. The van der Waals surface area contributed by atoms with Crippen molar-refractivity contribution in [2.45, 2.75) is 46.6 Å². The first-order valence-corrected chi connectivity index (χ1v) is 14.8. The molecule has 0 saturated heterocycles. The second-order valence-electron chi connectivity index (χ2n) is 12.1. The lowest BCUT2D eigenvalue weighted by Crippen LogP contribution is -2.36. The summed E-state index contributed by atoms with van der Waals surface area (Å²) in [5.41, 5.74) is 4.03. The molecule has 2 N–H and O–H groups in total. The minimum absolute atomic E-state index is 0.0413. The van der Waals surface area contributed by atoms with Gasteiger partial charge < -0.3 is 20.1 Å². The third kappa shape index (κ3) is 9.04. The van der Waals surface area contributed by atoms with Gasteiger partial charge in [-0.05, 0) is 54.3 Å². The van der Waals surface area contributed by atoms with Gasteiger partial charge >= 0.3 is 5.97 Å². The molecule has 0 bridgehead atoms. The molecule has 0 radical (unpaired) electrons. The fourth-order valence-electron chi connectivity index (χ4n) is 4.82. The molecule has 0 heterocycles. The molecule has 0 fully saturated rings. The van der Waals surface area contributed by atoms with Gasteiger partial charge in [0.15, 0.2) is 5.78 Å². The average Bonchev–Trinajstić information content (AvgIpc) is 3.00. The Labute approximate surface area is 259 Å². The summed E-state index contributed by atoms with van der Waals surface area (Å²) >= 11 is 0. The predicted molar refractivity (Wildman–Crippen MR) is 175 cm³/mol. The van der Waals surface area contributed by atoms with Crippen molar-refractivity contribution >= 4 is 29.0 Å². The molecule has 4 rings (SSSR count). The second kappa shape index (κ2) is 14.5. The standard InChI is InChI=1S/C37H40N2O5/c1-26-14-18-29(19-15-26)39(34(40)25-37(2,3)4)22-23-44-30-20-16-27(17-21-30)24-33(36(42)43)38-32-13-9-8-12-31(32)35(41)28-10-6-5-7-11-28/h5-21,33,38H,22-25H2,1-4H3,(H,42,43)/t33-/m0/s1. The highest BCUT2D eigenvalue weighted by Crippen LogP contribution is 2.25. The molecule has 0 aliphatic rings. The number of rotatable bonds is 13. The molecular formula is C37H40N2O5. The molecule has 228 valence electrons. The van der Waals surface area contributed by atoms with Crippen molar-refractivity contribution in [1.29, 1.82) is 0 Å². The van der Waals surface area contributed by atoms with Crippen LogP contribution in [0.15, 0.2) is 103 Å². The molecule has 1 atom stereocenters. The number of nitrogens with one attached hydrogen (secondary N) is 1. The van der Waals surface area contributed by atoms with E-state index in [0.717, 1.165) is 16.8 Å². The van der Waals surface area contributed by atoms with Crippen molar-refractivity contribution in [3.05, 3.63) is 125 Å². The lowest BCUT2D eigenvalue weighted by Gasteiger charge is -2.27. The summed E-state index contributed by atoms with van der Waals surface area (Å²) in [5.74, 6) is -0.539. The SMILES string of the molecule is Cc1ccc(N(CCOc2ccc(C[C@H](Nc3ccccc3C(=O)c3ccccc3)C(=O)O)cc2)C(=O)CC(C)(C)C)cc1. The van der Waals surface area contributed by atoms with Crippen LogP contribution < -0.4 is 15.0 Å². The van der Waals surface area contributed by atoms with Crippen molar-refractivity contribution in [1.82, 2.24) is 0 Å². The van der Waals surface area contributed by atoms with Crippen molar-refractivity contribution in [2.24, 2.45) is 5.41 Å². The van der Waals surface area contributed by atoms with Gasteiger partial charge in [-0.3, -0.25) is 9.59 Å². The maximum absolute atomic E-state index is 13.1. The zero-order chi connectivity index (χ0) is 31.7. The summed E-state index contributed by atoms with van der Waals surface area (Å²) < 4.78 is 5.99. The summed E-state index contributed by atoms with van der Waals surface area (Å²) in [7, 11) is 0. The van der Waals surface area contributed by atoms with Crippen LogP contribution in [-0.2, 0) is 16.0 Å². The lowest BCUT2D eigenvalue weighted by molar-refractivity contribution is -0.137. The number of para-hydroxylation sites is 1. The minimum Gasteiger partial charge on any atom is -0.492 e. The highest BCUT2D eigenvalue weighted by Gasteiger charge is 2.23. The largest absolute Gasteiger partial charge is 0.492 e. The number of hydrogen-bond acceptors (Lipinski definition) is 5. The molecule has 4 aromatic carbocycles. The summed E-state index contributed by atoms with van der Waals surface area (Å²) in [5, 5.41) is 13.0. The van der Waals surface area contributed by atoms with Crippen LogP contribution in [0, 0.1) is 12.3 Å². The number of nitrogens with zero attached hydrogens (tertiary/aromatic N) is 1. The summed E-state index contributed by atoms with van der Waals surface area (Å²) in [6.07, 6.45) is 0.616. The molecule has 0 aliphatic heterocycles. The Balaban J connectivity index is 1.39. The molecule has 0 spiro atoms. The number of carboxylic acid groups (broad SMARTS) is 1. The first-order valence-electron chi connectivity index (χ1n) is 14.8. The van der Waals surface area contributed by atoms with E-state index in [-0.39, 0.29) is 23.5 Å². The average molecular weight is 593 g/mol. The first kappa shape index (κ1) is 32.0. The summed E-state index contributed by atoms with van der Waals surface area (Å²) in [6, 6.07) is 30.0. The van der Waals surface area contributed by atoms with Crippen LogP contribution in [0.3, 0.4) is 0 Å². The molecule has 0 saturated carbocycles. The lowest BCUT2D eigenvalue weighted by atomic mass is 9.91. The molecule has 4 aromatic rings. The molecule has 0 aromatic heterocycles. The van der Waals surface area contributed by atoms with E-state index in [1.807, 2.05) is 70.2 Å². The Morgan fingerprint density at radius 1 is 0.841 bits per heavy atom. The first-order chi connectivity index (χ1) is 21.0. The van der Waals surface area contributed by atoms with Crippen molar-refractivity contribution < 1.29 is 24.2 Å². The molecular weight excluding hydrogens is 552 g/mol. The number of carbonyl (C=O) groups excluding carboxylic acids is 2. The number of benzene rings is 4. The fraction of sp³-hybridized carbons (Fsp3) is 0.270. The minimum atomic E-state index is -1.02. The number of hydrogen-bond donors (Lipinski definition) is 2. The topological polar surface area (TPSA) is 95.9 Å². The van der Waals surface area contributed by atoms with E-state index in [1.54, 1.807) is 65.6 Å². The van der Waals surface area contributed by atoms with Gasteiger partial charge in [0, 0.05) is 35.3 Å². The number of carboxylic acids is 1. The highest BCUT2D eigenvalue weighted by atomic mass is 16.5. The maximum Gasteiger partial charge on any atom is 0.326 e. The smallest absolute Gasteiger partial charge is 0.326 e. The molecule has 1 amide bonds. The number of carbonyl (C=O) groups is 3. The van der Waals surface area contributed by atoms with Crippen LogP contribution in [-0.4, -0.2) is 42.0 Å². The van der Waals surface area contributed by atoms with Gasteiger partial charge in [0.2, 0.25) is 5.91 Å². The van der Waals surface area contributed by atoms with E-state index < -0.39 is 12.0 Å². The van der Waals surface area contributed by atoms with E-state index in [9.17, 15) is 19.5 Å². The van der Waals surface area contributed by atoms with Crippen LogP contribution in [0.4, 0.5) is 11.4 Å². The van der Waals surface area contributed by atoms with Crippen LogP contribution in [0.25, 0.3) is 0 Å². The van der Waals surface area contributed by atoms with Gasteiger partial charge in [-0.25, -0.2) is 4.79 Å². The van der Waals surface area contributed by atoms with Gasteiger partial charge in [0.1, 0.15) is 18.4 Å². The summed E-state index contributed by atoms with van der Waals surface area (Å²) in [6.45, 7) is 8.84. The Kier molecular flexibility index (Phi) is 10.6. The maximum atomic E-state index is 13.1. The Morgan fingerprint density at radius 2 is 1.48 bits per heavy atom. The number of ketones is 1. The number of anilines is 2. The zero-order valence-corrected chi connectivity index (χ0v) is 25.7. The Morgan fingerprint density at radius 3 is 2.11 bits per heavy atom. The quantitative estimate of drug-likeness (QED) is 0.160. The monoisotopic (exact) mass is 592 g/mol. The van der Waals surface area contributed by atoms with Crippen molar-refractivity contribution in [2.75, 3.05) is 23.4 Å². The summed E-state index contributed by atoms with van der Waals surface area (Å²) in [4.78, 5) is 40.2. The molecule has 0 aliphatic carbocycles. The van der Waals surface area contributed by atoms with Gasteiger partial charge in [0.05, 0.1) is 6.54 Å². The van der Waals surface area contributed by atoms with E-state index in [1.165, 1.54) is 0 Å². The third-order valence-corrected chi connectivity index (χ3v) is 7.11. The van der Waals surface area contributed by atoms with Crippen LogP contribution in [0.5, 0.6) is 5.75 Å². The highest BCUT2D eigenvalue weighted by molar-refractivity contribution is 6.12. The zero-order valence-electron chi connectivity index (χ0n) is 25.7. The Hall–Kier alpha value is -4.91. The van der Waals surface area contributed by atoms with Gasteiger partial charge in [0.25, 0.3) is 0 Å². The van der Waals surface area contributed by atoms with Gasteiger partial charge in [-0.2, -0.15) is 0 Å². The number of amides is 1. The van der Waals surface area contributed by atoms with E-state index >= 15 is 0 Å². The van der Waals surface area contributed by atoms with Crippen LogP contribution >= 0.6 is 0 Å². The van der Waals surface area contributed by atoms with E-state index in [2.05, 4.69) is 5.32 Å². The number of aliphatic carboxylic acids is 1. The van der Waals surface area contributed by atoms with E-state index in [4.69, 9.17) is 4.74 Å². The third-order valence-electron chi connectivity index (χ3n) is 7.11. The molecule has 7 nitrogen and oxygen atoms in total. The van der Waals surface area contributed by atoms with Crippen molar-refractivity contribution in [3.8, 4) is 5.75 Å². The second-order valence-corrected chi connectivity index (χ2v) is 12.1. The predicted octanol–water partition coefficient (Wildman–Crippen LogP) is 7.18. The Bertz CT molecular complexity index is 1560. The number of ether oxygens (including phenoxy) is 1. The molecule has 0 unspecified atom stereocenters. The fourth-order valence-corrected chi connectivity index (χ4v) is 4.82.